The molecular formula is C16H20N2S. The highest BCUT2D eigenvalue weighted by molar-refractivity contribution is 7.11. The summed E-state index contributed by atoms with van der Waals surface area (Å²) >= 11 is 1.79. The van der Waals surface area contributed by atoms with Gasteiger partial charge in [0.05, 0.1) is 10.7 Å². The topological polar surface area (TPSA) is 24.9 Å². The second kappa shape index (κ2) is 5.06. The molecule has 3 rings (SSSR count). The van der Waals surface area contributed by atoms with Gasteiger partial charge < -0.3 is 5.32 Å². The molecule has 0 saturated heterocycles. The normalized spacial score (nSPS) is 16.6. The molecule has 0 radical (unpaired) electrons. The van der Waals surface area contributed by atoms with Crippen molar-refractivity contribution in [2.24, 2.45) is 0 Å². The fourth-order valence-electron chi connectivity index (χ4n) is 3.06. The third-order valence-corrected chi connectivity index (χ3v) is 4.79. The Kier molecular flexibility index (Phi) is 3.42. The second-order valence-electron chi connectivity index (χ2n) is 5.44. The number of aromatic nitrogens is 1. The van der Waals surface area contributed by atoms with Gasteiger partial charge in [0.2, 0.25) is 0 Å². The van der Waals surface area contributed by atoms with Gasteiger partial charge in [-0.1, -0.05) is 24.3 Å². The van der Waals surface area contributed by atoms with Gasteiger partial charge in [0, 0.05) is 17.0 Å². The fraction of sp³-hybridized carbons (Fsp3) is 0.438. The lowest BCUT2D eigenvalue weighted by molar-refractivity contribution is 0.460. The highest BCUT2D eigenvalue weighted by Gasteiger charge is 2.23. The zero-order chi connectivity index (χ0) is 13.4. The van der Waals surface area contributed by atoms with Crippen LogP contribution in [0.4, 0.5) is 0 Å². The predicted molar refractivity (Wildman–Crippen MR) is 80.8 cm³/mol. The number of hydrogen-bond acceptors (Lipinski definition) is 3. The number of hydrogen-bond donors (Lipinski definition) is 1. The number of benzene rings is 1. The molecule has 1 aliphatic rings. The summed E-state index contributed by atoms with van der Waals surface area (Å²) in [4.78, 5) is 6.00. The fourth-order valence-corrected chi connectivity index (χ4v) is 3.97. The van der Waals surface area contributed by atoms with E-state index in [4.69, 9.17) is 0 Å². The first-order valence-electron chi connectivity index (χ1n) is 6.90. The summed E-state index contributed by atoms with van der Waals surface area (Å²) in [6.07, 6.45) is 2.28. The minimum Gasteiger partial charge on any atom is -0.305 e. The number of nitrogens with zero attached hydrogens (tertiary/aromatic N) is 1. The van der Waals surface area contributed by atoms with Crippen LogP contribution in [0.5, 0.6) is 0 Å². The molecule has 0 amide bonds. The van der Waals surface area contributed by atoms with Gasteiger partial charge in [0.15, 0.2) is 0 Å². The second-order valence-corrected chi connectivity index (χ2v) is 6.84. The van der Waals surface area contributed by atoms with Gasteiger partial charge in [-0.2, -0.15) is 0 Å². The van der Waals surface area contributed by atoms with E-state index >= 15 is 0 Å². The summed E-state index contributed by atoms with van der Waals surface area (Å²) in [6.45, 7) is 6.48. The van der Waals surface area contributed by atoms with Crippen LogP contribution in [0.15, 0.2) is 24.3 Å². The Balaban J connectivity index is 1.69. The van der Waals surface area contributed by atoms with Crippen LogP contribution in [-0.4, -0.2) is 11.0 Å². The maximum absolute atomic E-state index is 4.66. The summed E-state index contributed by atoms with van der Waals surface area (Å²) in [5, 5.41) is 4.90. The molecule has 0 saturated carbocycles. The molecule has 1 N–H and O–H groups in total. The first-order valence-corrected chi connectivity index (χ1v) is 7.72. The van der Waals surface area contributed by atoms with Gasteiger partial charge in [-0.15, -0.1) is 11.3 Å². The lowest BCUT2D eigenvalue weighted by atomic mass is 10.1. The molecule has 0 bridgehead atoms. The zero-order valence-corrected chi connectivity index (χ0v) is 12.6. The van der Waals surface area contributed by atoms with Crippen LogP contribution in [0.2, 0.25) is 0 Å². The molecule has 1 heterocycles. The Morgan fingerprint density at radius 1 is 1.21 bits per heavy atom. The van der Waals surface area contributed by atoms with Crippen LogP contribution in [0.25, 0.3) is 0 Å². The predicted octanol–water partition coefficient (Wildman–Crippen LogP) is 3.58. The quantitative estimate of drug-likeness (QED) is 0.924. The van der Waals surface area contributed by atoms with Gasteiger partial charge in [-0.3, -0.25) is 0 Å². The molecule has 19 heavy (non-hydrogen) atoms. The lowest BCUT2D eigenvalue weighted by Crippen LogP contribution is -2.32. The molecule has 2 nitrogen and oxygen atoms in total. The lowest BCUT2D eigenvalue weighted by Gasteiger charge is -2.18. The van der Waals surface area contributed by atoms with Crippen molar-refractivity contribution in [3.63, 3.8) is 0 Å². The summed E-state index contributed by atoms with van der Waals surface area (Å²) in [5.74, 6) is 0. The molecule has 0 fully saturated rings. The van der Waals surface area contributed by atoms with Crippen molar-refractivity contribution < 1.29 is 0 Å². The Hall–Kier alpha value is -1.19. The van der Waals surface area contributed by atoms with Crippen molar-refractivity contribution in [1.82, 2.24) is 10.3 Å². The summed E-state index contributed by atoms with van der Waals surface area (Å²) < 4.78 is 0. The van der Waals surface area contributed by atoms with E-state index in [9.17, 15) is 0 Å². The van der Waals surface area contributed by atoms with Crippen LogP contribution in [0.1, 0.15) is 39.7 Å². The van der Waals surface area contributed by atoms with Crippen LogP contribution >= 0.6 is 11.3 Å². The average Bonchev–Trinajstić information content (AvgIpc) is 2.91. The number of nitrogens with one attached hydrogen (secondary N) is 1. The van der Waals surface area contributed by atoms with Crippen molar-refractivity contribution in [2.45, 2.75) is 45.7 Å². The Bertz CT molecular complexity index is 563. The Labute approximate surface area is 118 Å². The SMILES string of the molecule is Cc1nc(C(C)NC2Cc3ccccc3C2)c(C)s1. The number of fused-ring (bicyclic) bond motifs is 1. The molecule has 1 unspecified atom stereocenters. The monoisotopic (exact) mass is 272 g/mol. The van der Waals surface area contributed by atoms with E-state index in [-0.39, 0.29) is 0 Å². The molecule has 0 spiro atoms. The van der Waals surface area contributed by atoms with Crippen LogP contribution in [0.3, 0.4) is 0 Å². The number of thiazole rings is 1. The van der Waals surface area contributed by atoms with E-state index in [2.05, 4.69) is 55.3 Å². The molecular weight excluding hydrogens is 252 g/mol. The van der Waals surface area contributed by atoms with Crippen molar-refractivity contribution in [3.8, 4) is 0 Å². The van der Waals surface area contributed by atoms with E-state index in [1.807, 2.05) is 0 Å². The summed E-state index contributed by atoms with van der Waals surface area (Å²) in [7, 11) is 0. The molecule has 1 aromatic heterocycles. The molecule has 1 aliphatic carbocycles. The van der Waals surface area contributed by atoms with E-state index in [1.54, 1.807) is 11.3 Å². The van der Waals surface area contributed by atoms with Crippen molar-refractivity contribution >= 4 is 11.3 Å². The average molecular weight is 272 g/mol. The summed E-state index contributed by atoms with van der Waals surface area (Å²) in [5.41, 5.74) is 4.22. The van der Waals surface area contributed by atoms with E-state index in [0.717, 1.165) is 17.8 Å². The molecule has 2 aromatic rings. The first-order chi connectivity index (χ1) is 9.13. The highest BCUT2D eigenvalue weighted by Crippen LogP contribution is 2.26. The molecule has 0 aliphatic heterocycles. The molecule has 1 atom stereocenters. The molecule has 100 valence electrons. The maximum atomic E-state index is 4.66. The highest BCUT2D eigenvalue weighted by atomic mass is 32.1. The van der Waals surface area contributed by atoms with Crippen LogP contribution in [-0.2, 0) is 12.8 Å². The van der Waals surface area contributed by atoms with Crippen molar-refractivity contribution in [2.75, 3.05) is 0 Å². The van der Waals surface area contributed by atoms with E-state index in [0.29, 0.717) is 12.1 Å². The minimum absolute atomic E-state index is 0.337. The Morgan fingerprint density at radius 2 is 1.84 bits per heavy atom. The van der Waals surface area contributed by atoms with Crippen LogP contribution < -0.4 is 5.32 Å². The molecule has 1 aromatic carbocycles. The first kappa shape index (κ1) is 12.8. The smallest absolute Gasteiger partial charge is 0.0900 e. The zero-order valence-electron chi connectivity index (χ0n) is 11.7. The van der Waals surface area contributed by atoms with Crippen molar-refractivity contribution in [1.29, 1.82) is 0 Å². The van der Waals surface area contributed by atoms with Gasteiger partial charge >= 0.3 is 0 Å². The number of aryl methyl sites for hydroxylation is 2. The van der Waals surface area contributed by atoms with E-state index in [1.165, 1.54) is 21.7 Å². The standard InChI is InChI=1S/C16H20N2S/c1-10(16-11(2)19-12(3)18-16)17-15-8-13-6-4-5-7-14(13)9-15/h4-7,10,15,17H,8-9H2,1-3H3. The van der Waals surface area contributed by atoms with Crippen molar-refractivity contribution in [3.05, 3.63) is 51.0 Å². The number of rotatable bonds is 3. The summed E-state index contributed by atoms with van der Waals surface area (Å²) in [6, 6.07) is 9.66. The maximum Gasteiger partial charge on any atom is 0.0900 e. The van der Waals surface area contributed by atoms with Gasteiger partial charge in [-0.05, 0) is 44.7 Å². The van der Waals surface area contributed by atoms with Crippen LogP contribution in [0, 0.1) is 13.8 Å². The van der Waals surface area contributed by atoms with Gasteiger partial charge in [0.25, 0.3) is 0 Å². The van der Waals surface area contributed by atoms with Gasteiger partial charge in [-0.25, -0.2) is 4.98 Å². The Morgan fingerprint density at radius 3 is 2.37 bits per heavy atom. The third-order valence-electron chi connectivity index (χ3n) is 3.89. The van der Waals surface area contributed by atoms with Gasteiger partial charge in [0.1, 0.15) is 0 Å². The van der Waals surface area contributed by atoms with E-state index < -0.39 is 0 Å². The third kappa shape index (κ3) is 2.58. The largest absolute Gasteiger partial charge is 0.305 e. The minimum atomic E-state index is 0.337. The molecule has 3 heteroatoms.